The van der Waals surface area contributed by atoms with Crippen LogP contribution in [0.2, 0.25) is 0 Å². The van der Waals surface area contributed by atoms with E-state index in [1.54, 1.807) is 6.20 Å². The number of carbonyl (C=O) groups is 1. The molecule has 186 valence electrons. The number of amides is 1. The Hall–Kier alpha value is -3.01. The molecule has 4 heteroatoms. The molecule has 0 aliphatic rings. The molecule has 34 heavy (non-hydrogen) atoms. The van der Waals surface area contributed by atoms with Gasteiger partial charge in [0.25, 0.3) is 0 Å². The minimum atomic E-state index is -0.116. The first kappa shape index (κ1) is 29.0. The fourth-order valence-corrected chi connectivity index (χ4v) is 3.66. The molecule has 0 heterocycles. The first-order valence-electron chi connectivity index (χ1n) is 12.5. The van der Waals surface area contributed by atoms with Gasteiger partial charge in [-0.2, -0.15) is 0 Å². The molecule has 0 spiro atoms. The maximum Gasteiger partial charge on any atom is 0.220 e. The van der Waals surface area contributed by atoms with Crippen LogP contribution in [0.15, 0.2) is 91.8 Å². The molecule has 0 aromatic heterocycles. The van der Waals surface area contributed by atoms with Gasteiger partial charge in [-0.1, -0.05) is 100 Å². The monoisotopic (exact) mass is 463 g/mol. The van der Waals surface area contributed by atoms with Crippen molar-refractivity contribution in [2.75, 3.05) is 0 Å². The smallest absolute Gasteiger partial charge is 0.220 e. The summed E-state index contributed by atoms with van der Waals surface area (Å²) in [5.41, 5.74) is 2.10. The predicted molar refractivity (Wildman–Crippen MR) is 147 cm³/mol. The number of allylic oxidation sites excluding steroid dienone is 5. The third-order valence-corrected chi connectivity index (χ3v) is 6.10. The van der Waals surface area contributed by atoms with Crippen molar-refractivity contribution in [1.82, 2.24) is 16.0 Å². The highest BCUT2D eigenvalue weighted by Gasteiger charge is 2.23. The average molecular weight is 464 g/mol. The Morgan fingerprint density at radius 1 is 1.03 bits per heavy atom. The minimum absolute atomic E-state index is 0.00185. The SMILES string of the molecule is C=CNC(C/C=C/C=C\C=C/C)[C@H](CC(=C)NC(C)[C@@H](C)CC)NC(=O)CCc1ccccc1. The first-order chi connectivity index (χ1) is 16.4. The zero-order chi connectivity index (χ0) is 25.2. The van der Waals surface area contributed by atoms with Crippen LogP contribution in [0.5, 0.6) is 0 Å². The molecule has 0 fully saturated rings. The lowest BCUT2D eigenvalue weighted by molar-refractivity contribution is -0.122. The van der Waals surface area contributed by atoms with Gasteiger partial charge in [0.2, 0.25) is 5.91 Å². The van der Waals surface area contributed by atoms with E-state index in [1.165, 1.54) is 5.56 Å². The van der Waals surface area contributed by atoms with E-state index in [0.717, 1.165) is 25.0 Å². The maximum absolute atomic E-state index is 12.9. The molecule has 4 atom stereocenters. The van der Waals surface area contributed by atoms with Gasteiger partial charge in [0.15, 0.2) is 0 Å². The molecule has 1 rings (SSSR count). The summed E-state index contributed by atoms with van der Waals surface area (Å²) in [6, 6.07) is 10.3. The van der Waals surface area contributed by atoms with Crippen molar-refractivity contribution in [3.05, 3.63) is 97.4 Å². The summed E-state index contributed by atoms with van der Waals surface area (Å²) in [5, 5.41) is 10.2. The molecule has 0 aliphatic heterocycles. The molecule has 1 aromatic carbocycles. The second-order valence-electron chi connectivity index (χ2n) is 8.84. The molecular formula is C30H45N3O. The van der Waals surface area contributed by atoms with Gasteiger partial charge in [-0.3, -0.25) is 4.79 Å². The third-order valence-electron chi connectivity index (χ3n) is 6.10. The van der Waals surface area contributed by atoms with E-state index in [-0.39, 0.29) is 18.0 Å². The lowest BCUT2D eigenvalue weighted by Gasteiger charge is -2.30. The van der Waals surface area contributed by atoms with Crippen molar-refractivity contribution in [3.8, 4) is 0 Å². The highest BCUT2D eigenvalue weighted by molar-refractivity contribution is 5.76. The highest BCUT2D eigenvalue weighted by atomic mass is 16.1. The molecule has 3 N–H and O–H groups in total. The van der Waals surface area contributed by atoms with Gasteiger partial charge < -0.3 is 16.0 Å². The van der Waals surface area contributed by atoms with E-state index >= 15 is 0 Å². The van der Waals surface area contributed by atoms with Crippen molar-refractivity contribution in [2.24, 2.45) is 5.92 Å². The van der Waals surface area contributed by atoms with Crippen LogP contribution in [0, 0.1) is 5.92 Å². The molecule has 0 bridgehead atoms. The average Bonchev–Trinajstić information content (AvgIpc) is 2.83. The fourth-order valence-electron chi connectivity index (χ4n) is 3.66. The van der Waals surface area contributed by atoms with E-state index in [9.17, 15) is 4.79 Å². The molecular weight excluding hydrogens is 418 g/mol. The van der Waals surface area contributed by atoms with E-state index in [2.05, 4.69) is 68.1 Å². The van der Waals surface area contributed by atoms with Crippen LogP contribution in [0.4, 0.5) is 0 Å². The summed E-state index contributed by atoms with van der Waals surface area (Å²) in [7, 11) is 0. The van der Waals surface area contributed by atoms with Crippen LogP contribution in [-0.2, 0) is 11.2 Å². The summed E-state index contributed by atoms with van der Waals surface area (Å²) >= 11 is 0. The molecule has 0 radical (unpaired) electrons. The van der Waals surface area contributed by atoms with Crippen molar-refractivity contribution in [1.29, 1.82) is 0 Å². The summed E-state index contributed by atoms with van der Waals surface area (Å²) in [6.45, 7) is 16.7. The number of rotatable bonds is 17. The van der Waals surface area contributed by atoms with Crippen LogP contribution in [0.1, 0.15) is 58.9 Å². The topological polar surface area (TPSA) is 53.2 Å². The fraction of sp³-hybridized carbons (Fsp3) is 0.433. The van der Waals surface area contributed by atoms with Gasteiger partial charge in [-0.15, -0.1) is 0 Å². The van der Waals surface area contributed by atoms with Crippen LogP contribution < -0.4 is 16.0 Å². The standard InChI is InChI=1S/C30H45N3O/c1-7-10-11-12-13-17-20-28(31-9-3)29(23-25(5)32-26(6)24(4)8-2)33-30(34)22-21-27-18-15-14-16-19-27/h7,9-19,24,26,28-29,31-32H,3,5,8,20-23H2,1-2,4,6H3,(H,33,34)/b10-7-,12-11-,17-13+/t24-,26?,28?,29-/m0/s1. The van der Waals surface area contributed by atoms with Gasteiger partial charge in [-0.25, -0.2) is 0 Å². The Labute approximate surface area is 208 Å². The number of carbonyl (C=O) groups excluding carboxylic acids is 1. The Kier molecular flexibility index (Phi) is 14.9. The van der Waals surface area contributed by atoms with Crippen LogP contribution in [-0.4, -0.2) is 24.0 Å². The second kappa shape index (κ2) is 17.5. The molecule has 0 saturated heterocycles. The summed E-state index contributed by atoms with van der Waals surface area (Å²) in [5.74, 6) is 0.592. The Bertz CT molecular complexity index is 810. The van der Waals surface area contributed by atoms with Crippen molar-refractivity contribution < 1.29 is 4.79 Å². The molecule has 1 amide bonds. The van der Waals surface area contributed by atoms with Crippen molar-refractivity contribution in [3.63, 3.8) is 0 Å². The summed E-state index contributed by atoms with van der Waals surface area (Å²) < 4.78 is 0. The van der Waals surface area contributed by atoms with Crippen LogP contribution in [0.3, 0.4) is 0 Å². The number of hydrogen-bond acceptors (Lipinski definition) is 3. The van der Waals surface area contributed by atoms with E-state index in [4.69, 9.17) is 0 Å². The van der Waals surface area contributed by atoms with Crippen LogP contribution in [0.25, 0.3) is 0 Å². The first-order valence-corrected chi connectivity index (χ1v) is 12.5. The van der Waals surface area contributed by atoms with E-state index < -0.39 is 0 Å². The molecule has 1 aromatic rings. The maximum atomic E-state index is 12.9. The van der Waals surface area contributed by atoms with Crippen molar-refractivity contribution in [2.45, 2.75) is 77.9 Å². The third kappa shape index (κ3) is 12.3. The van der Waals surface area contributed by atoms with Gasteiger partial charge in [-0.05, 0) is 44.4 Å². The van der Waals surface area contributed by atoms with E-state index in [0.29, 0.717) is 24.8 Å². The number of hydrogen-bond donors (Lipinski definition) is 3. The molecule has 0 aliphatic carbocycles. The predicted octanol–water partition coefficient (Wildman–Crippen LogP) is 6.21. The lowest BCUT2D eigenvalue weighted by atomic mass is 9.97. The van der Waals surface area contributed by atoms with Gasteiger partial charge in [0.05, 0.1) is 6.04 Å². The van der Waals surface area contributed by atoms with Gasteiger partial charge in [0.1, 0.15) is 0 Å². The molecule has 4 nitrogen and oxygen atoms in total. The molecule has 2 unspecified atom stereocenters. The molecule has 0 saturated carbocycles. The highest BCUT2D eigenvalue weighted by Crippen LogP contribution is 2.14. The van der Waals surface area contributed by atoms with E-state index in [1.807, 2.05) is 55.5 Å². The zero-order valence-electron chi connectivity index (χ0n) is 21.6. The number of nitrogens with one attached hydrogen (secondary N) is 3. The zero-order valence-corrected chi connectivity index (χ0v) is 21.6. The Morgan fingerprint density at radius 2 is 1.74 bits per heavy atom. The number of aryl methyl sites for hydroxylation is 1. The lowest BCUT2D eigenvalue weighted by Crippen LogP contribution is -2.49. The van der Waals surface area contributed by atoms with Crippen molar-refractivity contribution >= 4 is 5.91 Å². The second-order valence-corrected chi connectivity index (χ2v) is 8.84. The normalized spacial score (nSPS) is 15.2. The van der Waals surface area contributed by atoms with Crippen LogP contribution >= 0.6 is 0 Å². The Balaban J connectivity index is 2.89. The Morgan fingerprint density at radius 3 is 2.38 bits per heavy atom. The summed E-state index contributed by atoms with van der Waals surface area (Å²) in [6.07, 6.45) is 17.5. The minimum Gasteiger partial charge on any atom is -0.386 e. The largest absolute Gasteiger partial charge is 0.386 e. The van der Waals surface area contributed by atoms with Gasteiger partial charge in [0, 0.05) is 30.6 Å². The van der Waals surface area contributed by atoms with Gasteiger partial charge >= 0.3 is 0 Å². The number of benzene rings is 1. The summed E-state index contributed by atoms with van der Waals surface area (Å²) in [4.78, 5) is 12.9. The quantitative estimate of drug-likeness (QED) is 0.241.